The van der Waals surface area contributed by atoms with Crippen molar-refractivity contribution in [3.05, 3.63) is 27.7 Å². The number of amides is 2. The minimum Gasteiger partial charge on any atom is -0.493 e. The quantitative estimate of drug-likeness (QED) is 0.706. The highest BCUT2D eigenvalue weighted by Gasteiger charge is 2.17. The minimum atomic E-state index is -0.355. The van der Waals surface area contributed by atoms with Gasteiger partial charge < -0.3 is 21.1 Å². The fourth-order valence-corrected chi connectivity index (χ4v) is 2.54. The maximum atomic E-state index is 11.6. The molecule has 20 heavy (non-hydrogen) atoms. The lowest BCUT2D eigenvalue weighted by Crippen LogP contribution is -2.39. The summed E-state index contributed by atoms with van der Waals surface area (Å²) in [4.78, 5) is 22.5. The summed E-state index contributed by atoms with van der Waals surface area (Å²) in [6.07, 6.45) is 0.877. The molecule has 1 aliphatic rings. The van der Waals surface area contributed by atoms with E-state index in [1.54, 1.807) is 0 Å². The van der Waals surface area contributed by atoms with Gasteiger partial charge in [-0.15, -0.1) is 0 Å². The van der Waals surface area contributed by atoms with Crippen molar-refractivity contribution in [2.45, 2.75) is 13.0 Å². The second-order valence-electron chi connectivity index (χ2n) is 4.41. The van der Waals surface area contributed by atoms with Crippen LogP contribution in [0, 0.1) is 0 Å². The van der Waals surface area contributed by atoms with Crippen LogP contribution in [-0.4, -0.2) is 31.5 Å². The van der Waals surface area contributed by atoms with Gasteiger partial charge in [0.2, 0.25) is 11.8 Å². The summed E-state index contributed by atoms with van der Waals surface area (Å²) in [6, 6.07) is 3.94. The molecule has 0 spiro atoms. The Morgan fingerprint density at radius 3 is 2.85 bits per heavy atom. The molecule has 1 heterocycles. The van der Waals surface area contributed by atoms with E-state index in [1.165, 1.54) is 0 Å². The van der Waals surface area contributed by atoms with Gasteiger partial charge >= 0.3 is 0 Å². The van der Waals surface area contributed by atoms with Gasteiger partial charge in [-0.3, -0.25) is 9.59 Å². The Hall–Kier alpha value is -1.60. The number of rotatable bonds is 5. The van der Waals surface area contributed by atoms with E-state index in [-0.39, 0.29) is 24.9 Å². The molecular weight excluding hydrogens is 326 g/mol. The monoisotopic (exact) mass is 341 g/mol. The smallest absolute Gasteiger partial charge is 0.239 e. The molecule has 2 amide bonds. The third-order valence-corrected chi connectivity index (χ3v) is 3.39. The highest BCUT2D eigenvalue weighted by atomic mass is 79.9. The van der Waals surface area contributed by atoms with E-state index in [9.17, 15) is 9.59 Å². The highest BCUT2D eigenvalue weighted by molar-refractivity contribution is 9.10. The van der Waals surface area contributed by atoms with Gasteiger partial charge in [0.15, 0.2) is 0 Å². The second kappa shape index (κ2) is 6.71. The van der Waals surface area contributed by atoms with Crippen molar-refractivity contribution in [1.82, 2.24) is 10.6 Å². The Morgan fingerprint density at radius 2 is 2.10 bits per heavy atom. The third kappa shape index (κ3) is 3.71. The first-order valence-electron chi connectivity index (χ1n) is 6.27. The molecular formula is C13H16BrN3O3. The standard InChI is InChI=1S/C13H16BrN3O3/c14-10-3-8-1-2-20-13(8)9(4-10)6-16-12(19)7-17-11(18)5-15/h3-4H,1-2,5-7,15H2,(H,16,19)(H,17,18). The molecule has 6 nitrogen and oxygen atoms in total. The van der Waals surface area contributed by atoms with Gasteiger partial charge in [0.05, 0.1) is 19.7 Å². The average Bonchev–Trinajstić information content (AvgIpc) is 2.90. The van der Waals surface area contributed by atoms with Gasteiger partial charge in [0.25, 0.3) is 0 Å². The third-order valence-electron chi connectivity index (χ3n) is 2.93. The second-order valence-corrected chi connectivity index (χ2v) is 5.32. The van der Waals surface area contributed by atoms with E-state index in [0.717, 1.165) is 27.8 Å². The van der Waals surface area contributed by atoms with E-state index in [2.05, 4.69) is 26.6 Å². The molecule has 0 atom stereocenters. The summed E-state index contributed by atoms with van der Waals surface area (Å²) in [6.45, 7) is 0.825. The van der Waals surface area contributed by atoms with Crippen LogP contribution in [0.3, 0.4) is 0 Å². The molecule has 1 aromatic rings. The van der Waals surface area contributed by atoms with E-state index in [0.29, 0.717) is 13.2 Å². The zero-order chi connectivity index (χ0) is 14.5. The van der Waals surface area contributed by atoms with Crippen LogP contribution >= 0.6 is 15.9 Å². The number of nitrogens with two attached hydrogens (primary N) is 1. The number of hydrogen-bond acceptors (Lipinski definition) is 4. The van der Waals surface area contributed by atoms with E-state index >= 15 is 0 Å². The van der Waals surface area contributed by atoms with E-state index in [4.69, 9.17) is 10.5 Å². The first-order chi connectivity index (χ1) is 9.60. The fraction of sp³-hybridized carbons (Fsp3) is 0.385. The Balaban J connectivity index is 1.91. The molecule has 108 valence electrons. The Morgan fingerprint density at radius 1 is 1.30 bits per heavy atom. The molecule has 0 aromatic heterocycles. The molecule has 7 heteroatoms. The lowest BCUT2D eigenvalue weighted by Gasteiger charge is -2.10. The van der Waals surface area contributed by atoms with Crippen molar-refractivity contribution in [1.29, 1.82) is 0 Å². The fourth-order valence-electron chi connectivity index (χ4n) is 1.98. The summed E-state index contributed by atoms with van der Waals surface area (Å²) in [5.41, 5.74) is 7.20. The number of halogens is 1. The van der Waals surface area contributed by atoms with Crippen LogP contribution in [0.25, 0.3) is 0 Å². The lowest BCUT2D eigenvalue weighted by atomic mass is 10.1. The van der Waals surface area contributed by atoms with Crippen molar-refractivity contribution in [2.75, 3.05) is 19.7 Å². The van der Waals surface area contributed by atoms with Gasteiger partial charge in [-0.2, -0.15) is 0 Å². The lowest BCUT2D eigenvalue weighted by molar-refractivity contribution is -0.125. The molecule has 0 unspecified atom stereocenters. The van der Waals surface area contributed by atoms with Gasteiger partial charge in [0.1, 0.15) is 5.75 Å². The number of fused-ring (bicyclic) bond motifs is 1. The van der Waals surface area contributed by atoms with Crippen molar-refractivity contribution in [3.8, 4) is 5.75 Å². The molecule has 1 aliphatic heterocycles. The molecule has 0 saturated heterocycles. The molecule has 0 saturated carbocycles. The number of ether oxygens (including phenoxy) is 1. The molecule has 0 aliphatic carbocycles. The first-order valence-corrected chi connectivity index (χ1v) is 7.07. The van der Waals surface area contributed by atoms with Crippen LogP contribution in [-0.2, 0) is 22.6 Å². The van der Waals surface area contributed by atoms with Crippen LogP contribution in [0.15, 0.2) is 16.6 Å². The zero-order valence-corrected chi connectivity index (χ0v) is 12.5. The van der Waals surface area contributed by atoms with Crippen LogP contribution in [0.5, 0.6) is 5.75 Å². The van der Waals surface area contributed by atoms with E-state index in [1.807, 2.05) is 12.1 Å². The highest BCUT2D eigenvalue weighted by Crippen LogP contribution is 2.32. The van der Waals surface area contributed by atoms with Gasteiger partial charge in [-0.1, -0.05) is 15.9 Å². The number of carbonyl (C=O) groups excluding carboxylic acids is 2. The SMILES string of the molecule is NCC(=O)NCC(=O)NCc1cc(Br)cc2c1OCC2. The van der Waals surface area contributed by atoms with Crippen LogP contribution in [0.2, 0.25) is 0 Å². The summed E-state index contributed by atoms with van der Waals surface area (Å²) in [7, 11) is 0. The Bertz CT molecular complexity index is 534. The van der Waals surface area contributed by atoms with Gasteiger partial charge in [0, 0.05) is 23.0 Å². The van der Waals surface area contributed by atoms with Gasteiger partial charge in [-0.25, -0.2) is 0 Å². The maximum Gasteiger partial charge on any atom is 0.239 e. The number of nitrogens with one attached hydrogen (secondary N) is 2. The number of carbonyl (C=O) groups is 2. The Labute approximate surface area is 125 Å². The average molecular weight is 342 g/mol. The van der Waals surface area contributed by atoms with Crippen LogP contribution in [0.1, 0.15) is 11.1 Å². The van der Waals surface area contributed by atoms with Crippen molar-refractivity contribution < 1.29 is 14.3 Å². The topological polar surface area (TPSA) is 93.5 Å². The maximum absolute atomic E-state index is 11.6. The minimum absolute atomic E-state index is 0.0763. The van der Waals surface area contributed by atoms with E-state index < -0.39 is 0 Å². The molecule has 1 aromatic carbocycles. The van der Waals surface area contributed by atoms with Crippen LogP contribution in [0.4, 0.5) is 0 Å². The number of hydrogen-bond donors (Lipinski definition) is 3. The summed E-state index contributed by atoms with van der Waals surface area (Å²) < 4.78 is 6.53. The van der Waals surface area contributed by atoms with Crippen molar-refractivity contribution in [3.63, 3.8) is 0 Å². The Kier molecular flexibility index (Phi) is 4.97. The predicted molar refractivity (Wildman–Crippen MR) is 77.3 cm³/mol. The van der Waals surface area contributed by atoms with Crippen LogP contribution < -0.4 is 21.1 Å². The molecule has 2 rings (SSSR count). The van der Waals surface area contributed by atoms with Gasteiger partial charge in [-0.05, 0) is 17.7 Å². The largest absolute Gasteiger partial charge is 0.493 e. The molecule has 0 bridgehead atoms. The summed E-state index contributed by atoms with van der Waals surface area (Å²) >= 11 is 3.44. The molecule has 4 N–H and O–H groups in total. The zero-order valence-electron chi connectivity index (χ0n) is 10.9. The number of benzene rings is 1. The molecule has 0 radical (unpaired) electrons. The first kappa shape index (κ1) is 14.8. The summed E-state index contributed by atoms with van der Waals surface area (Å²) in [5, 5.41) is 5.16. The summed E-state index contributed by atoms with van der Waals surface area (Å²) in [5.74, 6) is 0.227. The normalized spacial score (nSPS) is 12.5. The predicted octanol–water partition coefficient (Wildman–Crippen LogP) is 0.0751. The molecule has 0 fully saturated rings. The van der Waals surface area contributed by atoms with Crippen molar-refractivity contribution >= 4 is 27.7 Å². The van der Waals surface area contributed by atoms with Crippen molar-refractivity contribution in [2.24, 2.45) is 5.73 Å².